The highest BCUT2D eigenvalue weighted by molar-refractivity contribution is 6.30. The molecular formula is C13H13ClN2O2. The van der Waals surface area contributed by atoms with E-state index in [2.05, 4.69) is 6.07 Å². The van der Waals surface area contributed by atoms with Crippen LogP contribution in [0.3, 0.4) is 0 Å². The van der Waals surface area contributed by atoms with Crippen molar-refractivity contribution in [3.63, 3.8) is 0 Å². The van der Waals surface area contributed by atoms with Gasteiger partial charge in [0.1, 0.15) is 6.07 Å². The van der Waals surface area contributed by atoms with Gasteiger partial charge in [0.25, 0.3) is 0 Å². The summed E-state index contributed by atoms with van der Waals surface area (Å²) < 4.78 is 0. The molecule has 1 N–H and O–H groups in total. The predicted octanol–water partition coefficient (Wildman–Crippen LogP) is 2.66. The highest BCUT2D eigenvalue weighted by Crippen LogP contribution is 2.34. The molecule has 0 atom stereocenters. The van der Waals surface area contributed by atoms with Crippen molar-refractivity contribution in [1.29, 1.82) is 5.26 Å². The van der Waals surface area contributed by atoms with Crippen molar-refractivity contribution < 1.29 is 9.90 Å². The van der Waals surface area contributed by atoms with Crippen LogP contribution in [0.25, 0.3) is 0 Å². The minimum Gasteiger partial charge on any atom is -0.481 e. The average molecular weight is 265 g/mol. The minimum atomic E-state index is -0.826. The number of hydrogen-bond acceptors (Lipinski definition) is 3. The highest BCUT2D eigenvalue weighted by Gasteiger charge is 2.30. The molecule has 0 aliphatic heterocycles. The van der Waals surface area contributed by atoms with Crippen LogP contribution in [-0.2, 0) is 4.79 Å². The first-order chi connectivity index (χ1) is 8.61. The van der Waals surface area contributed by atoms with Gasteiger partial charge >= 0.3 is 5.97 Å². The van der Waals surface area contributed by atoms with E-state index in [0.717, 1.165) is 18.5 Å². The van der Waals surface area contributed by atoms with E-state index in [1.807, 2.05) is 4.90 Å². The number of carboxylic acids is 1. The number of carbonyl (C=O) groups is 1. The molecule has 0 saturated heterocycles. The number of carboxylic acid groups (broad SMARTS) is 1. The quantitative estimate of drug-likeness (QED) is 0.888. The van der Waals surface area contributed by atoms with E-state index in [1.54, 1.807) is 18.2 Å². The number of rotatable bonds is 5. The Balaban J connectivity index is 2.25. The molecule has 0 bridgehead atoms. The van der Waals surface area contributed by atoms with Crippen LogP contribution >= 0.6 is 11.6 Å². The molecule has 4 nitrogen and oxygen atoms in total. The number of halogens is 1. The van der Waals surface area contributed by atoms with Crippen LogP contribution in [0.1, 0.15) is 24.8 Å². The Morgan fingerprint density at radius 2 is 2.28 bits per heavy atom. The third kappa shape index (κ3) is 2.93. The normalized spacial score (nSPS) is 14.0. The Labute approximate surface area is 110 Å². The fourth-order valence-electron chi connectivity index (χ4n) is 1.95. The Bertz CT molecular complexity index is 506. The molecule has 2 rings (SSSR count). The lowest BCUT2D eigenvalue weighted by atomic mass is 10.1. The Morgan fingerprint density at radius 3 is 2.83 bits per heavy atom. The summed E-state index contributed by atoms with van der Waals surface area (Å²) in [6, 6.07) is 7.61. The van der Waals surface area contributed by atoms with E-state index >= 15 is 0 Å². The molecule has 1 aliphatic carbocycles. The number of benzene rings is 1. The molecule has 18 heavy (non-hydrogen) atoms. The highest BCUT2D eigenvalue weighted by atomic mass is 35.5. The van der Waals surface area contributed by atoms with E-state index in [0.29, 0.717) is 23.2 Å². The largest absolute Gasteiger partial charge is 0.481 e. The lowest BCUT2D eigenvalue weighted by Gasteiger charge is -2.25. The summed E-state index contributed by atoms with van der Waals surface area (Å²) in [6.45, 7) is 0.427. The van der Waals surface area contributed by atoms with Gasteiger partial charge in [-0.2, -0.15) is 5.26 Å². The van der Waals surface area contributed by atoms with Gasteiger partial charge in [0, 0.05) is 17.6 Å². The molecule has 0 spiro atoms. The minimum absolute atomic E-state index is 0.0734. The van der Waals surface area contributed by atoms with Gasteiger partial charge in [-0.3, -0.25) is 4.79 Å². The second-order valence-corrected chi connectivity index (χ2v) is 4.78. The lowest BCUT2D eigenvalue weighted by molar-refractivity contribution is -0.136. The van der Waals surface area contributed by atoms with Crippen molar-refractivity contribution in [2.24, 2.45) is 0 Å². The van der Waals surface area contributed by atoms with Gasteiger partial charge in [-0.15, -0.1) is 0 Å². The maximum absolute atomic E-state index is 10.7. The van der Waals surface area contributed by atoms with Gasteiger partial charge in [-0.25, -0.2) is 0 Å². The van der Waals surface area contributed by atoms with Crippen molar-refractivity contribution in [2.75, 3.05) is 11.4 Å². The van der Waals surface area contributed by atoms with Crippen molar-refractivity contribution in [3.05, 3.63) is 28.8 Å². The summed E-state index contributed by atoms with van der Waals surface area (Å²) in [6.07, 6.45) is 2.17. The molecule has 0 aromatic heterocycles. The first-order valence-electron chi connectivity index (χ1n) is 5.80. The first kappa shape index (κ1) is 12.7. The molecule has 94 valence electrons. The van der Waals surface area contributed by atoms with Crippen LogP contribution in [0.15, 0.2) is 18.2 Å². The number of nitrogens with zero attached hydrogens (tertiary/aromatic N) is 2. The summed E-state index contributed by atoms with van der Waals surface area (Å²) in [7, 11) is 0. The number of nitriles is 1. The van der Waals surface area contributed by atoms with Crippen molar-refractivity contribution >= 4 is 23.3 Å². The second-order valence-electron chi connectivity index (χ2n) is 4.34. The Morgan fingerprint density at radius 1 is 1.56 bits per heavy atom. The van der Waals surface area contributed by atoms with Gasteiger partial charge in [0.15, 0.2) is 0 Å². The number of aliphatic carboxylic acids is 1. The summed E-state index contributed by atoms with van der Waals surface area (Å²) in [5.41, 5.74) is 1.28. The van der Waals surface area contributed by atoms with Gasteiger partial charge in [-0.05, 0) is 31.0 Å². The molecule has 0 heterocycles. The maximum atomic E-state index is 10.7. The topological polar surface area (TPSA) is 64.3 Å². The fourth-order valence-corrected chi connectivity index (χ4v) is 2.12. The van der Waals surface area contributed by atoms with Gasteiger partial charge in [-0.1, -0.05) is 11.6 Å². The lowest BCUT2D eigenvalue weighted by Crippen LogP contribution is -2.29. The van der Waals surface area contributed by atoms with Crippen LogP contribution in [0.4, 0.5) is 5.69 Å². The smallest absolute Gasteiger partial charge is 0.305 e. The SMILES string of the molecule is N#Cc1cc(Cl)ccc1N(CCC(=O)O)C1CC1. The third-order valence-electron chi connectivity index (χ3n) is 2.94. The molecule has 1 saturated carbocycles. The van der Waals surface area contributed by atoms with Crippen molar-refractivity contribution in [2.45, 2.75) is 25.3 Å². The van der Waals surface area contributed by atoms with Gasteiger partial charge in [0.05, 0.1) is 17.7 Å². The van der Waals surface area contributed by atoms with E-state index in [-0.39, 0.29) is 6.42 Å². The molecule has 1 aromatic carbocycles. The Kier molecular flexibility index (Phi) is 3.73. The summed E-state index contributed by atoms with van der Waals surface area (Å²) in [4.78, 5) is 12.7. The summed E-state index contributed by atoms with van der Waals surface area (Å²) in [5.74, 6) is -0.826. The van der Waals surface area contributed by atoms with Gasteiger partial charge in [0.2, 0.25) is 0 Å². The van der Waals surface area contributed by atoms with Crippen LogP contribution in [0.5, 0.6) is 0 Å². The summed E-state index contributed by atoms with van der Waals surface area (Å²) in [5, 5.41) is 18.4. The zero-order valence-corrected chi connectivity index (χ0v) is 10.5. The van der Waals surface area contributed by atoms with Crippen LogP contribution in [0, 0.1) is 11.3 Å². The average Bonchev–Trinajstić information content (AvgIpc) is 3.15. The Hall–Kier alpha value is -1.73. The van der Waals surface area contributed by atoms with Gasteiger partial charge < -0.3 is 10.0 Å². The number of anilines is 1. The van der Waals surface area contributed by atoms with E-state index < -0.39 is 5.97 Å². The summed E-state index contributed by atoms with van der Waals surface area (Å²) >= 11 is 5.86. The first-order valence-corrected chi connectivity index (χ1v) is 6.17. The van der Waals surface area contributed by atoms with E-state index in [9.17, 15) is 4.79 Å². The van der Waals surface area contributed by atoms with Crippen LogP contribution in [-0.4, -0.2) is 23.7 Å². The fraction of sp³-hybridized carbons (Fsp3) is 0.385. The van der Waals surface area contributed by atoms with E-state index in [4.69, 9.17) is 22.0 Å². The zero-order chi connectivity index (χ0) is 13.1. The van der Waals surface area contributed by atoms with Crippen LogP contribution in [0.2, 0.25) is 5.02 Å². The standard InChI is InChI=1S/C13H13ClN2O2/c14-10-1-4-12(9(7-10)8-15)16(11-2-3-11)6-5-13(17)18/h1,4,7,11H,2-3,5-6H2,(H,17,18). The third-order valence-corrected chi connectivity index (χ3v) is 3.18. The molecule has 5 heteroatoms. The maximum Gasteiger partial charge on any atom is 0.305 e. The molecule has 0 unspecified atom stereocenters. The molecule has 1 aromatic rings. The van der Waals surface area contributed by atoms with Crippen LogP contribution < -0.4 is 4.90 Å². The molecular weight excluding hydrogens is 252 g/mol. The molecule has 1 aliphatic rings. The van der Waals surface area contributed by atoms with E-state index in [1.165, 1.54) is 0 Å². The van der Waals surface area contributed by atoms with Crippen molar-refractivity contribution in [3.8, 4) is 6.07 Å². The van der Waals surface area contributed by atoms with Crippen molar-refractivity contribution in [1.82, 2.24) is 0 Å². The molecule has 0 amide bonds. The molecule has 1 fully saturated rings. The molecule has 0 radical (unpaired) electrons. The monoisotopic (exact) mass is 264 g/mol. The second kappa shape index (κ2) is 5.28. The zero-order valence-electron chi connectivity index (χ0n) is 9.77. The predicted molar refractivity (Wildman–Crippen MR) is 68.8 cm³/mol. The number of hydrogen-bond donors (Lipinski definition) is 1.